The maximum atomic E-state index is 12.0. The zero-order chi connectivity index (χ0) is 15.2. The molecule has 3 nitrogen and oxygen atoms in total. The van der Waals surface area contributed by atoms with E-state index in [0.717, 1.165) is 15.5 Å². The van der Waals surface area contributed by atoms with Gasteiger partial charge in [-0.3, -0.25) is 4.79 Å². The molecule has 0 aliphatic carbocycles. The molecule has 0 radical (unpaired) electrons. The van der Waals surface area contributed by atoms with Crippen molar-refractivity contribution in [3.63, 3.8) is 0 Å². The summed E-state index contributed by atoms with van der Waals surface area (Å²) in [6.07, 6.45) is 1.98. The number of thioether (sulfide) groups is 2. The lowest BCUT2D eigenvalue weighted by atomic mass is 10.3. The first-order valence-corrected chi connectivity index (χ1v) is 8.79. The predicted octanol–water partition coefficient (Wildman–Crippen LogP) is 4.37. The SMILES string of the molecule is CSc1ccccc1NC(=O)CSc1ccc(N)cc1Cl. The molecule has 1 amide bonds. The van der Waals surface area contributed by atoms with E-state index in [0.29, 0.717) is 16.5 Å². The number of benzene rings is 2. The molecule has 2 rings (SSSR count). The summed E-state index contributed by atoms with van der Waals surface area (Å²) in [7, 11) is 0. The highest BCUT2D eigenvalue weighted by Gasteiger charge is 2.08. The molecule has 0 unspecified atom stereocenters. The Bertz CT molecular complexity index is 649. The fourth-order valence-corrected chi connectivity index (χ4v) is 3.34. The van der Waals surface area contributed by atoms with Crippen molar-refractivity contribution in [3.8, 4) is 0 Å². The number of hydrogen-bond donors (Lipinski definition) is 2. The zero-order valence-corrected chi connectivity index (χ0v) is 13.8. The number of halogens is 1. The number of para-hydroxylation sites is 1. The minimum atomic E-state index is -0.0607. The van der Waals surface area contributed by atoms with Gasteiger partial charge in [0.1, 0.15) is 0 Å². The number of nitrogen functional groups attached to an aromatic ring is 1. The Morgan fingerprint density at radius 2 is 2.00 bits per heavy atom. The van der Waals surface area contributed by atoms with Crippen LogP contribution in [0.2, 0.25) is 5.02 Å². The lowest BCUT2D eigenvalue weighted by Gasteiger charge is -2.09. The molecular formula is C15H15ClN2OS2. The molecule has 0 atom stereocenters. The molecule has 2 aromatic carbocycles. The van der Waals surface area contributed by atoms with Gasteiger partial charge in [0.25, 0.3) is 0 Å². The second kappa shape index (κ2) is 7.64. The molecule has 0 fully saturated rings. The summed E-state index contributed by atoms with van der Waals surface area (Å²) >= 11 is 9.07. The van der Waals surface area contributed by atoms with Crippen molar-refractivity contribution in [1.29, 1.82) is 0 Å². The average molecular weight is 339 g/mol. The normalized spacial score (nSPS) is 10.4. The van der Waals surface area contributed by atoms with Gasteiger partial charge < -0.3 is 11.1 Å². The van der Waals surface area contributed by atoms with Crippen LogP contribution in [0.3, 0.4) is 0 Å². The molecule has 0 saturated carbocycles. The van der Waals surface area contributed by atoms with E-state index in [2.05, 4.69) is 5.32 Å². The van der Waals surface area contributed by atoms with Crippen molar-refractivity contribution in [2.45, 2.75) is 9.79 Å². The van der Waals surface area contributed by atoms with Crippen LogP contribution < -0.4 is 11.1 Å². The van der Waals surface area contributed by atoms with Gasteiger partial charge in [0.05, 0.1) is 16.5 Å². The van der Waals surface area contributed by atoms with Crippen molar-refractivity contribution in [2.75, 3.05) is 23.1 Å². The lowest BCUT2D eigenvalue weighted by molar-refractivity contribution is -0.113. The highest BCUT2D eigenvalue weighted by atomic mass is 35.5. The summed E-state index contributed by atoms with van der Waals surface area (Å²) in [5, 5.41) is 3.48. The fraction of sp³-hybridized carbons (Fsp3) is 0.133. The summed E-state index contributed by atoms with van der Waals surface area (Å²) in [6, 6.07) is 13.0. The average Bonchev–Trinajstić information content (AvgIpc) is 2.47. The highest BCUT2D eigenvalue weighted by Crippen LogP contribution is 2.29. The van der Waals surface area contributed by atoms with Crippen LogP contribution in [0.1, 0.15) is 0 Å². The Morgan fingerprint density at radius 3 is 2.71 bits per heavy atom. The first kappa shape index (κ1) is 16.1. The number of nitrogens with two attached hydrogens (primary N) is 1. The number of amides is 1. The van der Waals surface area contributed by atoms with Crippen LogP contribution >= 0.6 is 35.1 Å². The number of rotatable bonds is 5. The summed E-state index contributed by atoms with van der Waals surface area (Å²) in [5.74, 6) is 0.237. The van der Waals surface area contributed by atoms with Gasteiger partial charge >= 0.3 is 0 Å². The van der Waals surface area contributed by atoms with E-state index in [1.807, 2.05) is 36.6 Å². The fourth-order valence-electron chi connectivity index (χ4n) is 1.71. The quantitative estimate of drug-likeness (QED) is 0.627. The van der Waals surface area contributed by atoms with Gasteiger partial charge in [0.2, 0.25) is 5.91 Å². The Balaban J connectivity index is 1.96. The van der Waals surface area contributed by atoms with Crippen LogP contribution in [0.4, 0.5) is 11.4 Å². The molecule has 0 saturated heterocycles. The second-order valence-corrected chi connectivity index (χ2v) is 6.50. The third kappa shape index (κ3) is 4.59. The molecule has 21 heavy (non-hydrogen) atoms. The van der Waals surface area contributed by atoms with Gasteiger partial charge in [-0.05, 0) is 36.6 Å². The van der Waals surface area contributed by atoms with E-state index in [9.17, 15) is 4.79 Å². The molecule has 0 spiro atoms. The number of carbonyl (C=O) groups is 1. The zero-order valence-electron chi connectivity index (χ0n) is 11.4. The van der Waals surface area contributed by atoms with Crippen LogP contribution in [0, 0.1) is 0 Å². The summed E-state index contributed by atoms with van der Waals surface area (Å²) in [5.41, 5.74) is 7.09. The number of hydrogen-bond acceptors (Lipinski definition) is 4. The lowest BCUT2D eigenvalue weighted by Crippen LogP contribution is -2.14. The van der Waals surface area contributed by atoms with Gasteiger partial charge in [-0.1, -0.05) is 23.7 Å². The molecule has 6 heteroatoms. The maximum absolute atomic E-state index is 12.0. The van der Waals surface area contributed by atoms with Gasteiger partial charge in [-0.2, -0.15) is 0 Å². The minimum Gasteiger partial charge on any atom is -0.399 e. The van der Waals surface area contributed by atoms with Gasteiger partial charge in [-0.15, -0.1) is 23.5 Å². The Morgan fingerprint density at radius 1 is 1.24 bits per heavy atom. The molecule has 3 N–H and O–H groups in total. The van der Waals surface area contributed by atoms with Crippen molar-refractivity contribution >= 4 is 52.4 Å². The van der Waals surface area contributed by atoms with Crippen LogP contribution in [-0.4, -0.2) is 17.9 Å². The molecule has 110 valence electrons. The number of nitrogens with one attached hydrogen (secondary N) is 1. The van der Waals surface area contributed by atoms with Crippen molar-refractivity contribution in [2.24, 2.45) is 0 Å². The van der Waals surface area contributed by atoms with Crippen molar-refractivity contribution < 1.29 is 4.79 Å². The van der Waals surface area contributed by atoms with Gasteiger partial charge in [-0.25, -0.2) is 0 Å². The first-order valence-electron chi connectivity index (χ1n) is 6.21. The van der Waals surface area contributed by atoms with Crippen molar-refractivity contribution in [3.05, 3.63) is 47.5 Å². The van der Waals surface area contributed by atoms with Crippen molar-refractivity contribution in [1.82, 2.24) is 0 Å². The van der Waals surface area contributed by atoms with E-state index >= 15 is 0 Å². The van der Waals surface area contributed by atoms with E-state index in [1.165, 1.54) is 11.8 Å². The maximum Gasteiger partial charge on any atom is 0.234 e. The largest absolute Gasteiger partial charge is 0.399 e. The van der Waals surface area contributed by atoms with E-state index < -0.39 is 0 Å². The molecule has 0 aliphatic heterocycles. The number of anilines is 2. The van der Waals surface area contributed by atoms with E-state index in [4.69, 9.17) is 17.3 Å². The first-order chi connectivity index (χ1) is 10.1. The third-order valence-electron chi connectivity index (χ3n) is 2.70. The Hall–Kier alpha value is -1.30. The van der Waals surface area contributed by atoms with E-state index in [-0.39, 0.29) is 5.91 Å². The molecular weight excluding hydrogens is 324 g/mol. The van der Waals surface area contributed by atoms with Crippen LogP contribution in [-0.2, 0) is 4.79 Å². The van der Waals surface area contributed by atoms with Crippen LogP contribution in [0.5, 0.6) is 0 Å². The summed E-state index contributed by atoms with van der Waals surface area (Å²) in [6.45, 7) is 0. The standard InChI is InChI=1S/C15H15ClN2OS2/c1-20-14-5-3-2-4-12(14)18-15(19)9-21-13-7-6-10(17)8-11(13)16/h2-8H,9,17H2,1H3,(H,18,19). The molecule has 0 aliphatic rings. The van der Waals surface area contributed by atoms with Gasteiger partial charge in [0, 0.05) is 15.5 Å². The van der Waals surface area contributed by atoms with E-state index in [1.54, 1.807) is 23.9 Å². The minimum absolute atomic E-state index is 0.0607. The topological polar surface area (TPSA) is 55.1 Å². The van der Waals surface area contributed by atoms with Crippen LogP contribution in [0.25, 0.3) is 0 Å². The summed E-state index contributed by atoms with van der Waals surface area (Å²) < 4.78 is 0. The molecule has 0 aromatic heterocycles. The molecule has 0 heterocycles. The molecule has 2 aromatic rings. The Kier molecular flexibility index (Phi) is 5.85. The monoisotopic (exact) mass is 338 g/mol. The second-order valence-electron chi connectivity index (χ2n) is 4.23. The van der Waals surface area contributed by atoms with Crippen LogP contribution in [0.15, 0.2) is 52.3 Å². The predicted molar refractivity (Wildman–Crippen MR) is 93.4 cm³/mol. The third-order valence-corrected chi connectivity index (χ3v) is 4.99. The number of carbonyl (C=O) groups excluding carboxylic acids is 1. The summed E-state index contributed by atoms with van der Waals surface area (Å²) in [4.78, 5) is 13.9. The Labute approximate surface area is 137 Å². The van der Waals surface area contributed by atoms with Gasteiger partial charge in [0.15, 0.2) is 0 Å². The molecule has 0 bridgehead atoms. The highest BCUT2D eigenvalue weighted by molar-refractivity contribution is 8.00. The smallest absolute Gasteiger partial charge is 0.234 e.